The molecule has 8 heteroatoms. The molecule has 1 amide bonds. The van der Waals surface area contributed by atoms with Crippen LogP contribution < -0.4 is 14.8 Å². The first-order valence-electron chi connectivity index (χ1n) is 9.88. The van der Waals surface area contributed by atoms with Gasteiger partial charge in [-0.15, -0.1) is 0 Å². The van der Waals surface area contributed by atoms with Crippen molar-refractivity contribution in [1.82, 2.24) is 10.2 Å². The fourth-order valence-electron chi connectivity index (χ4n) is 3.49. The van der Waals surface area contributed by atoms with Gasteiger partial charge in [-0.25, -0.2) is 8.78 Å². The number of nitrogens with one attached hydrogen (secondary N) is 1. The Hall–Kier alpha value is -2.71. The molecular formula is C22H26F2N2O4. The predicted octanol–water partition coefficient (Wildman–Crippen LogP) is 3.18. The minimum Gasteiger partial charge on any atom is -0.493 e. The van der Waals surface area contributed by atoms with E-state index in [9.17, 15) is 13.6 Å². The van der Waals surface area contributed by atoms with E-state index in [-0.39, 0.29) is 18.2 Å². The van der Waals surface area contributed by atoms with E-state index in [0.29, 0.717) is 44.4 Å². The number of hydrogen-bond acceptors (Lipinski definition) is 5. The zero-order valence-electron chi connectivity index (χ0n) is 17.1. The Morgan fingerprint density at radius 2 is 1.83 bits per heavy atom. The van der Waals surface area contributed by atoms with Crippen LogP contribution in [0, 0.1) is 11.6 Å². The van der Waals surface area contributed by atoms with Crippen molar-refractivity contribution in [3.05, 3.63) is 59.2 Å². The van der Waals surface area contributed by atoms with Crippen LogP contribution >= 0.6 is 0 Å². The molecule has 1 aliphatic rings. The molecule has 0 spiro atoms. The van der Waals surface area contributed by atoms with E-state index >= 15 is 0 Å². The van der Waals surface area contributed by atoms with Crippen LogP contribution in [0.4, 0.5) is 8.78 Å². The Kier molecular flexibility index (Phi) is 7.59. The molecule has 0 radical (unpaired) electrons. The summed E-state index contributed by atoms with van der Waals surface area (Å²) in [7, 11) is 1.58. The number of nitrogens with zero attached hydrogens (tertiary/aromatic N) is 1. The van der Waals surface area contributed by atoms with Crippen molar-refractivity contribution >= 4 is 5.91 Å². The highest BCUT2D eigenvalue weighted by molar-refractivity contribution is 5.94. The van der Waals surface area contributed by atoms with Gasteiger partial charge in [0.25, 0.3) is 5.91 Å². The second kappa shape index (κ2) is 10.4. The van der Waals surface area contributed by atoms with E-state index in [1.165, 1.54) is 0 Å². The van der Waals surface area contributed by atoms with Crippen LogP contribution in [0.15, 0.2) is 36.4 Å². The number of carbonyl (C=O) groups excluding carboxylic acids is 1. The summed E-state index contributed by atoms with van der Waals surface area (Å²) >= 11 is 0. The highest BCUT2D eigenvalue weighted by atomic mass is 19.1. The van der Waals surface area contributed by atoms with Crippen LogP contribution in [0.2, 0.25) is 0 Å². The van der Waals surface area contributed by atoms with Crippen LogP contribution in [-0.2, 0) is 4.74 Å². The van der Waals surface area contributed by atoms with Crippen LogP contribution in [-0.4, -0.2) is 57.4 Å². The highest BCUT2D eigenvalue weighted by Gasteiger charge is 2.25. The van der Waals surface area contributed by atoms with E-state index in [1.807, 2.05) is 25.1 Å². The van der Waals surface area contributed by atoms with E-state index in [4.69, 9.17) is 14.2 Å². The van der Waals surface area contributed by atoms with Crippen LogP contribution in [0.3, 0.4) is 0 Å². The summed E-state index contributed by atoms with van der Waals surface area (Å²) in [5.74, 6) is -0.873. The van der Waals surface area contributed by atoms with Crippen LogP contribution in [0.25, 0.3) is 0 Å². The van der Waals surface area contributed by atoms with Crippen LogP contribution in [0.1, 0.15) is 28.9 Å². The zero-order valence-corrected chi connectivity index (χ0v) is 17.1. The highest BCUT2D eigenvalue weighted by Crippen LogP contribution is 2.32. The van der Waals surface area contributed by atoms with Gasteiger partial charge >= 0.3 is 0 Å². The van der Waals surface area contributed by atoms with Crippen LogP contribution in [0.5, 0.6) is 11.5 Å². The fourth-order valence-corrected chi connectivity index (χ4v) is 3.49. The normalized spacial score (nSPS) is 15.5. The predicted molar refractivity (Wildman–Crippen MR) is 108 cm³/mol. The maximum absolute atomic E-state index is 13.5. The number of halogens is 2. The van der Waals surface area contributed by atoms with E-state index in [1.54, 1.807) is 7.11 Å². The standard InChI is InChI=1S/C22H26F2N2O4/c1-3-30-20-5-4-15(12-21(20)28-2)19(26-6-8-29-9-7-26)14-25-22(27)16-10-17(23)13-18(24)11-16/h4-5,10-13,19H,3,6-9,14H2,1-2H3,(H,25,27)/t19-/m1/s1. The topological polar surface area (TPSA) is 60.0 Å². The SMILES string of the molecule is CCOc1ccc([C@@H](CNC(=O)c2cc(F)cc(F)c2)N2CCOCC2)cc1OC. The molecule has 30 heavy (non-hydrogen) atoms. The molecule has 1 atom stereocenters. The van der Waals surface area contributed by atoms with E-state index < -0.39 is 17.5 Å². The lowest BCUT2D eigenvalue weighted by atomic mass is 10.0. The molecular weight excluding hydrogens is 394 g/mol. The van der Waals surface area contributed by atoms with Crippen molar-refractivity contribution < 1.29 is 27.8 Å². The maximum Gasteiger partial charge on any atom is 0.251 e. The molecule has 2 aromatic carbocycles. The molecule has 0 aliphatic carbocycles. The number of methoxy groups -OCH3 is 1. The molecule has 6 nitrogen and oxygen atoms in total. The van der Waals surface area contributed by atoms with Gasteiger partial charge < -0.3 is 19.5 Å². The number of morpholine rings is 1. The van der Waals surface area contributed by atoms with Gasteiger partial charge in [0.05, 0.1) is 33.0 Å². The van der Waals surface area contributed by atoms with Gasteiger partial charge in [-0.3, -0.25) is 9.69 Å². The molecule has 1 heterocycles. The fraction of sp³-hybridized carbons (Fsp3) is 0.409. The minimum absolute atomic E-state index is 0.0579. The van der Waals surface area contributed by atoms with Gasteiger partial charge in [-0.2, -0.15) is 0 Å². The molecule has 0 aromatic heterocycles. The van der Waals surface area contributed by atoms with Gasteiger partial charge in [0.2, 0.25) is 0 Å². The van der Waals surface area contributed by atoms with Gasteiger partial charge in [0.15, 0.2) is 11.5 Å². The van der Waals surface area contributed by atoms with Crippen molar-refractivity contribution in [2.75, 3.05) is 46.6 Å². The number of rotatable bonds is 8. The molecule has 2 aromatic rings. The van der Waals surface area contributed by atoms with E-state index in [0.717, 1.165) is 23.8 Å². The average molecular weight is 420 g/mol. The number of benzene rings is 2. The van der Waals surface area contributed by atoms with Crippen molar-refractivity contribution in [1.29, 1.82) is 0 Å². The summed E-state index contributed by atoms with van der Waals surface area (Å²) in [5.41, 5.74) is 0.875. The number of amides is 1. The van der Waals surface area contributed by atoms with Gasteiger partial charge in [0, 0.05) is 31.3 Å². The summed E-state index contributed by atoms with van der Waals surface area (Å²) in [5, 5.41) is 2.80. The summed E-state index contributed by atoms with van der Waals surface area (Å²) in [6.07, 6.45) is 0. The quantitative estimate of drug-likeness (QED) is 0.711. The smallest absolute Gasteiger partial charge is 0.251 e. The maximum atomic E-state index is 13.5. The zero-order chi connectivity index (χ0) is 21.5. The summed E-state index contributed by atoms with van der Waals surface area (Å²) in [6.45, 7) is 5.25. The van der Waals surface area contributed by atoms with Crippen molar-refractivity contribution in [2.45, 2.75) is 13.0 Å². The van der Waals surface area contributed by atoms with Gasteiger partial charge in [-0.05, 0) is 36.8 Å². The Bertz CT molecular complexity index is 852. The molecule has 1 aliphatic heterocycles. The Morgan fingerprint density at radius 1 is 1.13 bits per heavy atom. The van der Waals surface area contributed by atoms with Crippen molar-refractivity contribution in [3.63, 3.8) is 0 Å². The first-order valence-corrected chi connectivity index (χ1v) is 9.88. The minimum atomic E-state index is -0.791. The third kappa shape index (κ3) is 5.46. The third-order valence-electron chi connectivity index (χ3n) is 4.94. The molecule has 1 fully saturated rings. The lowest BCUT2D eigenvalue weighted by molar-refractivity contribution is 0.0162. The molecule has 1 saturated heterocycles. The average Bonchev–Trinajstić information content (AvgIpc) is 2.74. The first-order chi connectivity index (χ1) is 14.5. The first kappa shape index (κ1) is 22.0. The largest absolute Gasteiger partial charge is 0.493 e. The Morgan fingerprint density at radius 3 is 2.47 bits per heavy atom. The lowest BCUT2D eigenvalue weighted by Gasteiger charge is -2.35. The van der Waals surface area contributed by atoms with Crippen molar-refractivity contribution in [3.8, 4) is 11.5 Å². The molecule has 162 valence electrons. The number of ether oxygens (including phenoxy) is 3. The summed E-state index contributed by atoms with van der Waals surface area (Å²) < 4.78 is 43.4. The second-order valence-electron chi connectivity index (χ2n) is 6.88. The van der Waals surface area contributed by atoms with Crippen molar-refractivity contribution in [2.24, 2.45) is 0 Å². The molecule has 3 rings (SSSR count). The lowest BCUT2D eigenvalue weighted by Crippen LogP contribution is -2.43. The molecule has 0 bridgehead atoms. The third-order valence-corrected chi connectivity index (χ3v) is 4.94. The monoisotopic (exact) mass is 420 g/mol. The Balaban J connectivity index is 1.81. The van der Waals surface area contributed by atoms with Gasteiger partial charge in [0.1, 0.15) is 11.6 Å². The van der Waals surface area contributed by atoms with E-state index in [2.05, 4.69) is 10.2 Å². The summed E-state index contributed by atoms with van der Waals surface area (Å²) in [6, 6.07) is 8.26. The molecule has 1 N–H and O–H groups in total. The molecule has 0 saturated carbocycles. The second-order valence-corrected chi connectivity index (χ2v) is 6.88. The molecule has 0 unspecified atom stereocenters. The van der Waals surface area contributed by atoms with Gasteiger partial charge in [-0.1, -0.05) is 6.07 Å². The number of carbonyl (C=O) groups is 1. The summed E-state index contributed by atoms with van der Waals surface area (Å²) in [4.78, 5) is 14.7. The Labute approximate surface area is 174 Å². The number of hydrogen-bond donors (Lipinski definition) is 1.